The fourth-order valence-corrected chi connectivity index (χ4v) is 1.54. The zero-order chi connectivity index (χ0) is 12.8. The van der Waals surface area contributed by atoms with Gasteiger partial charge in [0.15, 0.2) is 0 Å². The number of hydrogen-bond acceptors (Lipinski definition) is 3. The maximum absolute atomic E-state index is 11.8. The number of pyridine rings is 2. The zero-order valence-electron chi connectivity index (χ0n) is 10.3. The minimum absolute atomic E-state index is 0.158. The molecule has 0 fully saturated rings. The average Bonchev–Trinajstić information content (AvgIpc) is 2.46. The molecule has 4 nitrogen and oxygen atoms in total. The van der Waals surface area contributed by atoms with Crippen LogP contribution in [-0.2, 0) is 13.0 Å². The molecule has 2 aromatic rings. The molecule has 1 amide bonds. The second-order valence-electron chi connectivity index (χ2n) is 3.94. The van der Waals surface area contributed by atoms with Crippen molar-refractivity contribution in [2.75, 3.05) is 0 Å². The van der Waals surface area contributed by atoms with E-state index < -0.39 is 0 Å². The fraction of sp³-hybridized carbons (Fsp3) is 0.214. The lowest BCUT2D eigenvalue weighted by atomic mass is 10.2. The molecule has 2 heterocycles. The van der Waals surface area contributed by atoms with Crippen molar-refractivity contribution in [3.05, 3.63) is 59.7 Å². The van der Waals surface area contributed by atoms with E-state index >= 15 is 0 Å². The summed E-state index contributed by atoms with van der Waals surface area (Å²) in [4.78, 5) is 19.9. The SMILES string of the molecule is CCc1ccc(C(=O)NCc2ccncc2)nc1. The highest BCUT2D eigenvalue weighted by atomic mass is 16.1. The Hall–Kier alpha value is -2.23. The van der Waals surface area contributed by atoms with Crippen LogP contribution in [0.2, 0.25) is 0 Å². The smallest absolute Gasteiger partial charge is 0.270 e. The molecule has 2 aromatic heterocycles. The third-order valence-corrected chi connectivity index (χ3v) is 2.67. The van der Waals surface area contributed by atoms with Crippen molar-refractivity contribution >= 4 is 5.91 Å². The highest BCUT2D eigenvalue weighted by Crippen LogP contribution is 2.02. The lowest BCUT2D eigenvalue weighted by Gasteiger charge is -2.05. The average molecular weight is 241 g/mol. The van der Waals surface area contributed by atoms with E-state index in [1.807, 2.05) is 18.2 Å². The summed E-state index contributed by atoms with van der Waals surface area (Å²) in [5.41, 5.74) is 2.59. The van der Waals surface area contributed by atoms with Crippen molar-refractivity contribution in [1.29, 1.82) is 0 Å². The Morgan fingerprint density at radius 1 is 1.17 bits per heavy atom. The molecule has 0 unspecified atom stereocenters. The van der Waals surface area contributed by atoms with Crippen molar-refractivity contribution in [3.63, 3.8) is 0 Å². The second kappa shape index (κ2) is 5.91. The molecule has 18 heavy (non-hydrogen) atoms. The third kappa shape index (κ3) is 3.13. The van der Waals surface area contributed by atoms with Crippen LogP contribution >= 0.6 is 0 Å². The van der Waals surface area contributed by atoms with Gasteiger partial charge in [0.05, 0.1) is 0 Å². The molecule has 0 atom stereocenters. The molecular formula is C14H15N3O. The zero-order valence-corrected chi connectivity index (χ0v) is 10.3. The lowest BCUT2D eigenvalue weighted by molar-refractivity contribution is 0.0946. The van der Waals surface area contributed by atoms with E-state index in [1.165, 1.54) is 0 Å². The van der Waals surface area contributed by atoms with Gasteiger partial charge in [0.2, 0.25) is 0 Å². The van der Waals surface area contributed by atoms with Gasteiger partial charge in [0.1, 0.15) is 5.69 Å². The highest BCUT2D eigenvalue weighted by Gasteiger charge is 2.06. The van der Waals surface area contributed by atoms with Crippen LogP contribution in [0.3, 0.4) is 0 Å². The summed E-state index contributed by atoms with van der Waals surface area (Å²) in [5.74, 6) is -0.158. The van der Waals surface area contributed by atoms with Crippen LogP contribution in [0.25, 0.3) is 0 Å². The van der Waals surface area contributed by atoms with E-state index in [1.54, 1.807) is 24.7 Å². The van der Waals surface area contributed by atoms with E-state index in [4.69, 9.17) is 0 Å². The van der Waals surface area contributed by atoms with E-state index in [0.717, 1.165) is 17.5 Å². The third-order valence-electron chi connectivity index (χ3n) is 2.67. The number of carbonyl (C=O) groups is 1. The lowest BCUT2D eigenvalue weighted by Crippen LogP contribution is -2.23. The largest absolute Gasteiger partial charge is 0.347 e. The summed E-state index contributed by atoms with van der Waals surface area (Å²) >= 11 is 0. The van der Waals surface area contributed by atoms with Gasteiger partial charge in [0.25, 0.3) is 5.91 Å². The minimum atomic E-state index is -0.158. The number of nitrogens with zero attached hydrogens (tertiary/aromatic N) is 2. The molecule has 0 radical (unpaired) electrons. The van der Waals surface area contributed by atoms with Crippen molar-refractivity contribution in [2.45, 2.75) is 19.9 Å². The standard InChI is InChI=1S/C14H15N3O/c1-2-11-3-4-13(16-9-11)14(18)17-10-12-5-7-15-8-6-12/h3-9H,2,10H2,1H3,(H,17,18). The monoisotopic (exact) mass is 241 g/mol. The number of amides is 1. The van der Waals surface area contributed by atoms with Crippen LogP contribution in [-0.4, -0.2) is 15.9 Å². The molecule has 2 rings (SSSR count). The quantitative estimate of drug-likeness (QED) is 0.890. The molecule has 1 N–H and O–H groups in total. The van der Waals surface area contributed by atoms with E-state index in [0.29, 0.717) is 12.2 Å². The van der Waals surface area contributed by atoms with Gasteiger partial charge in [-0.2, -0.15) is 0 Å². The summed E-state index contributed by atoms with van der Waals surface area (Å²) in [6.45, 7) is 2.54. The molecule has 0 aliphatic rings. The molecule has 0 aliphatic carbocycles. The summed E-state index contributed by atoms with van der Waals surface area (Å²) in [5, 5.41) is 2.82. The van der Waals surface area contributed by atoms with E-state index in [9.17, 15) is 4.79 Å². The maximum atomic E-state index is 11.8. The van der Waals surface area contributed by atoms with Crippen molar-refractivity contribution in [2.24, 2.45) is 0 Å². The number of carbonyl (C=O) groups excluding carboxylic acids is 1. The molecule has 4 heteroatoms. The van der Waals surface area contributed by atoms with Gasteiger partial charge in [-0.1, -0.05) is 13.0 Å². The van der Waals surface area contributed by atoms with Gasteiger partial charge in [0, 0.05) is 25.1 Å². The highest BCUT2D eigenvalue weighted by molar-refractivity contribution is 5.92. The molecule has 92 valence electrons. The predicted molar refractivity (Wildman–Crippen MR) is 69.0 cm³/mol. The number of rotatable bonds is 4. The van der Waals surface area contributed by atoms with Gasteiger partial charge in [-0.15, -0.1) is 0 Å². The van der Waals surface area contributed by atoms with Gasteiger partial charge >= 0.3 is 0 Å². The Kier molecular flexibility index (Phi) is 4.02. The first-order valence-electron chi connectivity index (χ1n) is 5.91. The molecule has 0 bridgehead atoms. The van der Waals surface area contributed by atoms with Crippen molar-refractivity contribution in [3.8, 4) is 0 Å². The summed E-state index contributed by atoms with van der Waals surface area (Å²) in [6, 6.07) is 7.41. The molecule has 0 saturated heterocycles. The number of nitrogens with one attached hydrogen (secondary N) is 1. The Labute approximate surface area is 106 Å². The fourth-order valence-electron chi connectivity index (χ4n) is 1.54. The Morgan fingerprint density at radius 3 is 2.56 bits per heavy atom. The molecule has 0 aliphatic heterocycles. The van der Waals surface area contributed by atoms with Crippen LogP contribution in [0.5, 0.6) is 0 Å². The van der Waals surface area contributed by atoms with Crippen LogP contribution < -0.4 is 5.32 Å². The Balaban J connectivity index is 1.95. The van der Waals surface area contributed by atoms with Crippen LogP contribution in [0.1, 0.15) is 28.5 Å². The number of aryl methyl sites for hydroxylation is 1. The maximum Gasteiger partial charge on any atom is 0.270 e. The normalized spacial score (nSPS) is 10.1. The summed E-state index contributed by atoms with van der Waals surface area (Å²) < 4.78 is 0. The van der Waals surface area contributed by atoms with Crippen LogP contribution in [0.15, 0.2) is 42.9 Å². The van der Waals surface area contributed by atoms with Crippen molar-refractivity contribution in [1.82, 2.24) is 15.3 Å². The molecule has 0 aromatic carbocycles. The first kappa shape index (κ1) is 12.2. The molecule has 0 saturated carbocycles. The second-order valence-corrected chi connectivity index (χ2v) is 3.94. The molecular weight excluding hydrogens is 226 g/mol. The van der Waals surface area contributed by atoms with Gasteiger partial charge in [-0.05, 0) is 35.7 Å². The first-order valence-corrected chi connectivity index (χ1v) is 5.91. The summed E-state index contributed by atoms with van der Waals surface area (Å²) in [6.07, 6.45) is 6.07. The Bertz CT molecular complexity index is 508. The number of hydrogen-bond donors (Lipinski definition) is 1. The topological polar surface area (TPSA) is 54.9 Å². The minimum Gasteiger partial charge on any atom is -0.347 e. The van der Waals surface area contributed by atoms with Crippen molar-refractivity contribution < 1.29 is 4.79 Å². The molecule has 0 spiro atoms. The number of aromatic nitrogens is 2. The summed E-state index contributed by atoms with van der Waals surface area (Å²) in [7, 11) is 0. The van der Waals surface area contributed by atoms with Gasteiger partial charge < -0.3 is 5.32 Å². The van der Waals surface area contributed by atoms with Crippen LogP contribution in [0, 0.1) is 0 Å². The predicted octanol–water partition coefficient (Wildman–Crippen LogP) is 1.97. The van der Waals surface area contributed by atoms with Crippen LogP contribution in [0.4, 0.5) is 0 Å². The van der Waals surface area contributed by atoms with E-state index in [2.05, 4.69) is 22.2 Å². The first-order chi connectivity index (χ1) is 8.79. The van der Waals surface area contributed by atoms with Gasteiger partial charge in [-0.25, -0.2) is 0 Å². The Morgan fingerprint density at radius 2 is 1.94 bits per heavy atom. The van der Waals surface area contributed by atoms with Gasteiger partial charge in [-0.3, -0.25) is 14.8 Å². The van der Waals surface area contributed by atoms with E-state index in [-0.39, 0.29) is 5.91 Å².